The van der Waals surface area contributed by atoms with Crippen LogP contribution in [0.25, 0.3) is 0 Å². The lowest BCUT2D eigenvalue weighted by Gasteiger charge is -2.07. The normalized spacial score (nSPS) is 19.1. The third-order valence-electron chi connectivity index (χ3n) is 2.51. The van der Waals surface area contributed by atoms with E-state index in [2.05, 4.69) is 15.5 Å². The van der Waals surface area contributed by atoms with Crippen molar-refractivity contribution in [2.24, 2.45) is 16.0 Å². The fourth-order valence-electron chi connectivity index (χ4n) is 1.55. The number of nitrogens with one attached hydrogen (secondary N) is 1. The SMILES string of the molecule is O=C1NN=CC1C=NCc1cccc(C(F)(F)F)c1. The molecule has 0 radical (unpaired) electrons. The van der Waals surface area contributed by atoms with Gasteiger partial charge in [-0.25, -0.2) is 5.43 Å². The fourth-order valence-corrected chi connectivity index (χ4v) is 1.55. The minimum Gasteiger partial charge on any atom is -0.292 e. The average Bonchev–Trinajstić information content (AvgIpc) is 2.75. The van der Waals surface area contributed by atoms with E-state index in [1.54, 1.807) is 6.07 Å². The standard InChI is InChI=1S/C12H10F3N3O/c13-12(14,15)10-3-1-2-8(4-10)5-16-6-9-7-17-18-11(9)19/h1-4,6-7,9H,5H2,(H,18,19). The number of rotatable bonds is 3. The zero-order valence-electron chi connectivity index (χ0n) is 9.69. The first kappa shape index (κ1) is 13.3. The van der Waals surface area contributed by atoms with Crippen LogP contribution in [0.15, 0.2) is 34.4 Å². The Bertz CT molecular complexity index is 537. The summed E-state index contributed by atoms with van der Waals surface area (Å²) in [4.78, 5) is 15.1. The number of carbonyl (C=O) groups excluding carboxylic acids is 1. The van der Waals surface area contributed by atoms with E-state index in [1.165, 1.54) is 18.5 Å². The van der Waals surface area contributed by atoms with E-state index < -0.39 is 17.7 Å². The van der Waals surface area contributed by atoms with E-state index >= 15 is 0 Å². The van der Waals surface area contributed by atoms with Crippen LogP contribution in [-0.4, -0.2) is 18.3 Å². The molecule has 1 atom stereocenters. The first-order valence-corrected chi connectivity index (χ1v) is 5.46. The van der Waals surface area contributed by atoms with Gasteiger partial charge in [0.05, 0.1) is 12.1 Å². The molecule has 0 aromatic heterocycles. The maximum atomic E-state index is 12.5. The Morgan fingerprint density at radius 2 is 2.21 bits per heavy atom. The molecule has 1 aliphatic heterocycles. The fraction of sp³-hybridized carbons (Fsp3) is 0.250. The summed E-state index contributed by atoms with van der Waals surface area (Å²) < 4.78 is 37.4. The smallest absolute Gasteiger partial charge is 0.292 e. The zero-order chi connectivity index (χ0) is 13.9. The van der Waals surface area contributed by atoms with Crippen molar-refractivity contribution >= 4 is 18.3 Å². The van der Waals surface area contributed by atoms with Crippen LogP contribution >= 0.6 is 0 Å². The van der Waals surface area contributed by atoms with Crippen LogP contribution in [0, 0.1) is 5.92 Å². The Balaban J connectivity index is 2.02. The molecule has 100 valence electrons. The molecule has 0 fully saturated rings. The number of nitrogens with zero attached hydrogens (tertiary/aromatic N) is 2. The monoisotopic (exact) mass is 269 g/mol. The van der Waals surface area contributed by atoms with Crippen molar-refractivity contribution in [2.45, 2.75) is 12.7 Å². The molecule has 7 heteroatoms. The second kappa shape index (κ2) is 5.21. The molecule has 0 spiro atoms. The second-order valence-corrected chi connectivity index (χ2v) is 3.97. The number of benzene rings is 1. The summed E-state index contributed by atoms with van der Waals surface area (Å²) in [5.74, 6) is -0.849. The molecular formula is C12H10F3N3O. The lowest BCUT2D eigenvalue weighted by Crippen LogP contribution is -2.20. The van der Waals surface area contributed by atoms with Crippen molar-refractivity contribution < 1.29 is 18.0 Å². The highest BCUT2D eigenvalue weighted by molar-refractivity contribution is 6.10. The molecule has 2 rings (SSSR count). The summed E-state index contributed by atoms with van der Waals surface area (Å²) in [5.41, 5.74) is 1.96. The first-order chi connectivity index (χ1) is 8.97. The van der Waals surface area contributed by atoms with Gasteiger partial charge >= 0.3 is 6.18 Å². The minimum absolute atomic E-state index is 0.0849. The maximum absolute atomic E-state index is 12.5. The Morgan fingerprint density at radius 1 is 1.42 bits per heavy atom. The largest absolute Gasteiger partial charge is 0.416 e. The molecule has 4 nitrogen and oxygen atoms in total. The third-order valence-corrected chi connectivity index (χ3v) is 2.51. The molecule has 0 bridgehead atoms. The molecule has 0 aliphatic carbocycles. The van der Waals surface area contributed by atoms with Gasteiger partial charge in [-0.3, -0.25) is 9.79 Å². The number of alkyl halides is 3. The van der Waals surface area contributed by atoms with Crippen molar-refractivity contribution in [1.82, 2.24) is 5.43 Å². The number of aliphatic imine (C=N–C) groups is 1. The van der Waals surface area contributed by atoms with Gasteiger partial charge < -0.3 is 0 Å². The third kappa shape index (κ3) is 3.40. The molecule has 1 aromatic rings. The highest BCUT2D eigenvalue weighted by Gasteiger charge is 2.30. The number of hydrazone groups is 1. The van der Waals surface area contributed by atoms with Gasteiger partial charge in [0.1, 0.15) is 5.92 Å². The van der Waals surface area contributed by atoms with E-state index in [4.69, 9.17) is 0 Å². The predicted octanol–water partition coefficient (Wildman–Crippen LogP) is 2.01. The van der Waals surface area contributed by atoms with Gasteiger partial charge in [-0.1, -0.05) is 12.1 Å². The van der Waals surface area contributed by atoms with Crippen molar-refractivity contribution in [1.29, 1.82) is 0 Å². The zero-order valence-corrected chi connectivity index (χ0v) is 9.69. The summed E-state index contributed by atoms with van der Waals surface area (Å²) in [6.07, 6.45) is -1.61. The molecule has 1 aliphatic rings. The highest BCUT2D eigenvalue weighted by atomic mass is 19.4. The first-order valence-electron chi connectivity index (χ1n) is 5.46. The van der Waals surface area contributed by atoms with Crippen LogP contribution in [0.5, 0.6) is 0 Å². The van der Waals surface area contributed by atoms with Crippen LogP contribution in [0.1, 0.15) is 11.1 Å². The van der Waals surface area contributed by atoms with Crippen molar-refractivity contribution in [3.8, 4) is 0 Å². The Labute approximate surface area is 107 Å². The quantitative estimate of drug-likeness (QED) is 0.838. The van der Waals surface area contributed by atoms with Crippen molar-refractivity contribution in [3.05, 3.63) is 35.4 Å². The molecule has 1 amide bonds. The number of hydrogen-bond acceptors (Lipinski definition) is 3. The summed E-state index contributed by atoms with van der Waals surface area (Å²) in [6.45, 7) is 0.0849. The second-order valence-electron chi connectivity index (χ2n) is 3.97. The lowest BCUT2D eigenvalue weighted by atomic mass is 10.1. The van der Waals surface area contributed by atoms with Crippen LogP contribution in [0.4, 0.5) is 13.2 Å². The van der Waals surface area contributed by atoms with E-state index in [9.17, 15) is 18.0 Å². The van der Waals surface area contributed by atoms with Crippen molar-refractivity contribution in [3.63, 3.8) is 0 Å². The van der Waals surface area contributed by atoms with E-state index in [-0.39, 0.29) is 12.5 Å². The number of hydrogen-bond donors (Lipinski definition) is 1. The van der Waals surface area contributed by atoms with Gasteiger partial charge in [-0.2, -0.15) is 18.3 Å². The summed E-state index contributed by atoms with van der Waals surface area (Å²) in [7, 11) is 0. The Morgan fingerprint density at radius 3 is 2.84 bits per heavy atom. The molecule has 19 heavy (non-hydrogen) atoms. The Kier molecular flexibility index (Phi) is 3.64. The number of carbonyl (C=O) groups is 1. The average molecular weight is 269 g/mol. The minimum atomic E-state index is -4.36. The predicted molar refractivity (Wildman–Crippen MR) is 63.8 cm³/mol. The van der Waals surface area contributed by atoms with E-state index in [1.807, 2.05) is 0 Å². The maximum Gasteiger partial charge on any atom is 0.416 e. The lowest BCUT2D eigenvalue weighted by molar-refractivity contribution is -0.137. The molecule has 1 aromatic carbocycles. The molecule has 1 unspecified atom stereocenters. The van der Waals surface area contributed by atoms with Crippen LogP contribution in [-0.2, 0) is 17.5 Å². The molecule has 0 saturated carbocycles. The van der Waals surface area contributed by atoms with Gasteiger partial charge in [0, 0.05) is 12.4 Å². The summed E-state index contributed by atoms with van der Waals surface area (Å²) in [6, 6.07) is 4.93. The van der Waals surface area contributed by atoms with Gasteiger partial charge in [0.15, 0.2) is 0 Å². The van der Waals surface area contributed by atoms with Gasteiger partial charge in [-0.15, -0.1) is 0 Å². The highest BCUT2D eigenvalue weighted by Crippen LogP contribution is 2.29. The molecular weight excluding hydrogens is 259 g/mol. The van der Waals surface area contributed by atoms with Gasteiger partial charge in [0.25, 0.3) is 5.91 Å². The Hall–Kier alpha value is -2.18. The molecule has 1 heterocycles. The summed E-state index contributed by atoms with van der Waals surface area (Å²) >= 11 is 0. The summed E-state index contributed by atoms with van der Waals surface area (Å²) in [5, 5.41) is 3.55. The molecule has 1 N–H and O–H groups in total. The van der Waals surface area contributed by atoms with Crippen LogP contribution in [0.3, 0.4) is 0 Å². The van der Waals surface area contributed by atoms with E-state index in [0.29, 0.717) is 5.56 Å². The topological polar surface area (TPSA) is 53.8 Å². The van der Waals surface area contributed by atoms with Crippen LogP contribution < -0.4 is 5.43 Å². The van der Waals surface area contributed by atoms with Crippen molar-refractivity contribution in [2.75, 3.05) is 0 Å². The van der Waals surface area contributed by atoms with Gasteiger partial charge in [-0.05, 0) is 17.7 Å². The van der Waals surface area contributed by atoms with Crippen LogP contribution in [0.2, 0.25) is 0 Å². The molecule has 0 saturated heterocycles. The van der Waals surface area contributed by atoms with E-state index in [0.717, 1.165) is 12.1 Å². The van der Waals surface area contributed by atoms with Gasteiger partial charge in [0.2, 0.25) is 0 Å². The number of halogens is 3. The number of amides is 1.